The molecule has 1 aliphatic heterocycles. The highest BCUT2D eigenvalue weighted by atomic mass is 16.2. The Bertz CT molecular complexity index is 335. The number of nitrogens with one attached hydrogen (secondary N) is 1. The van der Waals surface area contributed by atoms with Gasteiger partial charge in [0.1, 0.15) is 6.04 Å². The number of likely N-dealkylation sites (tertiary alicyclic amines) is 1. The van der Waals surface area contributed by atoms with Gasteiger partial charge in [0.05, 0.1) is 12.5 Å². The smallest absolute Gasteiger partial charge is 0.243 e. The van der Waals surface area contributed by atoms with Gasteiger partial charge in [-0.15, -0.1) is 0 Å². The summed E-state index contributed by atoms with van der Waals surface area (Å²) in [5.74, 6) is -0.0922. The SMILES string of the molecule is CCC(C(=O)NC(C)CC#N)N1CCCC1=O. The molecule has 94 valence electrons. The Morgan fingerprint density at radius 3 is 2.82 bits per heavy atom. The van der Waals surface area contributed by atoms with Gasteiger partial charge in [-0.25, -0.2) is 0 Å². The first-order chi connectivity index (χ1) is 8.10. The van der Waals surface area contributed by atoms with Crippen molar-refractivity contribution in [1.82, 2.24) is 10.2 Å². The number of nitrogens with zero attached hydrogens (tertiary/aromatic N) is 2. The molecule has 17 heavy (non-hydrogen) atoms. The van der Waals surface area contributed by atoms with Crippen molar-refractivity contribution in [3.63, 3.8) is 0 Å². The fraction of sp³-hybridized carbons (Fsp3) is 0.750. The predicted octanol–water partition coefficient (Wildman–Crippen LogP) is 0.806. The van der Waals surface area contributed by atoms with Gasteiger partial charge in [0.25, 0.3) is 0 Å². The highest BCUT2D eigenvalue weighted by Crippen LogP contribution is 2.16. The Hall–Kier alpha value is -1.57. The Balaban J connectivity index is 2.58. The molecule has 5 heteroatoms. The number of hydrogen-bond donors (Lipinski definition) is 1. The number of hydrogen-bond acceptors (Lipinski definition) is 3. The Kier molecular flexibility index (Phi) is 4.95. The van der Waals surface area contributed by atoms with Crippen LogP contribution < -0.4 is 5.32 Å². The highest BCUT2D eigenvalue weighted by Gasteiger charge is 2.31. The molecule has 0 saturated carbocycles. The summed E-state index contributed by atoms with van der Waals surface area (Å²) in [4.78, 5) is 25.2. The first-order valence-electron chi connectivity index (χ1n) is 6.07. The molecule has 2 amide bonds. The van der Waals surface area contributed by atoms with E-state index in [1.165, 1.54) is 0 Å². The van der Waals surface area contributed by atoms with E-state index < -0.39 is 0 Å². The summed E-state index contributed by atoms with van der Waals surface area (Å²) in [6.45, 7) is 4.35. The van der Waals surface area contributed by atoms with E-state index in [-0.39, 0.29) is 30.3 Å². The number of rotatable bonds is 5. The minimum atomic E-state index is -0.383. The lowest BCUT2D eigenvalue weighted by Crippen LogP contribution is -2.49. The Labute approximate surface area is 102 Å². The fourth-order valence-electron chi connectivity index (χ4n) is 2.07. The summed E-state index contributed by atoms with van der Waals surface area (Å²) < 4.78 is 0. The first kappa shape index (κ1) is 13.5. The highest BCUT2D eigenvalue weighted by molar-refractivity contribution is 5.88. The van der Waals surface area contributed by atoms with E-state index in [0.29, 0.717) is 19.4 Å². The first-order valence-corrected chi connectivity index (χ1v) is 6.07. The molecule has 0 bridgehead atoms. The van der Waals surface area contributed by atoms with E-state index in [2.05, 4.69) is 5.32 Å². The van der Waals surface area contributed by atoms with Gasteiger partial charge in [0.2, 0.25) is 11.8 Å². The number of carbonyl (C=O) groups is 2. The molecule has 0 aliphatic carbocycles. The maximum absolute atomic E-state index is 12.0. The lowest BCUT2D eigenvalue weighted by atomic mass is 10.1. The Morgan fingerprint density at radius 2 is 2.35 bits per heavy atom. The third-order valence-corrected chi connectivity index (χ3v) is 2.96. The monoisotopic (exact) mass is 237 g/mol. The van der Waals surface area contributed by atoms with E-state index in [4.69, 9.17) is 5.26 Å². The average Bonchev–Trinajstić information content (AvgIpc) is 2.66. The van der Waals surface area contributed by atoms with Crippen LogP contribution >= 0.6 is 0 Å². The Morgan fingerprint density at radius 1 is 1.65 bits per heavy atom. The summed E-state index contributed by atoms with van der Waals surface area (Å²) in [5.41, 5.74) is 0. The van der Waals surface area contributed by atoms with Crippen LogP contribution in [0.25, 0.3) is 0 Å². The van der Waals surface area contributed by atoms with Crippen LogP contribution in [0.15, 0.2) is 0 Å². The molecular weight excluding hydrogens is 218 g/mol. The minimum Gasteiger partial charge on any atom is -0.351 e. The van der Waals surface area contributed by atoms with E-state index in [1.54, 1.807) is 11.8 Å². The van der Waals surface area contributed by atoms with Crippen LogP contribution in [0.4, 0.5) is 0 Å². The van der Waals surface area contributed by atoms with Crippen LogP contribution in [-0.4, -0.2) is 35.3 Å². The summed E-state index contributed by atoms with van der Waals surface area (Å²) in [5, 5.41) is 11.3. The molecule has 1 aliphatic rings. The molecule has 0 spiro atoms. The molecule has 1 rings (SSSR count). The zero-order chi connectivity index (χ0) is 12.8. The maximum atomic E-state index is 12.0. The molecule has 0 radical (unpaired) electrons. The second kappa shape index (κ2) is 6.24. The van der Waals surface area contributed by atoms with Crippen LogP contribution in [0.2, 0.25) is 0 Å². The largest absolute Gasteiger partial charge is 0.351 e. The molecule has 2 atom stereocenters. The van der Waals surface area contributed by atoms with Gasteiger partial charge in [0, 0.05) is 19.0 Å². The molecule has 1 heterocycles. The van der Waals surface area contributed by atoms with Crippen LogP contribution in [0.1, 0.15) is 39.5 Å². The molecule has 0 aromatic carbocycles. The summed E-state index contributed by atoms with van der Waals surface area (Å²) in [7, 11) is 0. The number of nitriles is 1. The summed E-state index contributed by atoms with van der Waals surface area (Å²) in [6, 6.07) is 1.46. The van der Waals surface area contributed by atoms with Gasteiger partial charge in [-0.2, -0.15) is 5.26 Å². The normalized spacial score (nSPS) is 18.6. The molecular formula is C12H19N3O2. The van der Waals surface area contributed by atoms with Crippen molar-refractivity contribution >= 4 is 11.8 Å². The van der Waals surface area contributed by atoms with Crippen LogP contribution in [0.3, 0.4) is 0 Å². The second-order valence-electron chi connectivity index (χ2n) is 4.39. The van der Waals surface area contributed by atoms with E-state index in [9.17, 15) is 9.59 Å². The minimum absolute atomic E-state index is 0.0555. The van der Waals surface area contributed by atoms with Crippen molar-refractivity contribution in [3.8, 4) is 6.07 Å². The molecule has 0 aromatic heterocycles. The van der Waals surface area contributed by atoms with Crippen molar-refractivity contribution in [1.29, 1.82) is 5.26 Å². The van der Waals surface area contributed by atoms with E-state index in [0.717, 1.165) is 6.42 Å². The van der Waals surface area contributed by atoms with Crippen molar-refractivity contribution < 1.29 is 9.59 Å². The van der Waals surface area contributed by atoms with Crippen LogP contribution in [-0.2, 0) is 9.59 Å². The van der Waals surface area contributed by atoms with Gasteiger partial charge >= 0.3 is 0 Å². The van der Waals surface area contributed by atoms with Gasteiger partial charge in [-0.05, 0) is 19.8 Å². The van der Waals surface area contributed by atoms with E-state index >= 15 is 0 Å². The molecule has 1 saturated heterocycles. The maximum Gasteiger partial charge on any atom is 0.243 e. The fourth-order valence-corrected chi connectivity index (χ4v) is 2.07. The second-order valence-corrected chi connectivity index (χ2v) is 4.39. The van der Waals surface area contributed by atoms with Gasteiger partial charge in [-0.3, -0.25) is 9.59 Å². The quantitative estimate of drug-likeness (QED) is 0.768. The summed E-state index contributed by atoms with van der Waals surface area (Å²) in [6.07, 6.45) is 2.26. The van der Waals surface area contributed by atoms with Crippen LogP contribution in [0, 0.1) is 11.3 Å². The zero-order valence-corrected chi connectivity index (χ0v) is 10.4. The molecule has 5 nitrogen and oxygen atoms in total. The predicted molar refractivity (Wildman–Crippen MR) is 62.9 cm³/mol. The zero-order valence-electron chi connectivity index (χ0n) is 10.4. The average molecular weight is 237 g/mol. The van der Waals surface area contributed by atoms with Crippen molar-refractivity contribution in [2.75, 3.05) is 6.54 Å². The van der Waals surface area contributed by atoms with Crippen molar-refractivity contribution in [2.45, 2.75) is 51.6 Å². The lowest BCUT2D eigenvalue weighted by molar-refractivity contribution is -0.137. The number of amides is 2. The standard InChI is InChI=1S/C12H19N3O2/c1-3-10(15-8-4-5-11(15)16)12(17)14-9(2)6-7-13/h9-10H,3-6,8H2,1-2H3,(H,14,17). The molecule has 2 unspecified atom stereocenters. The van der Waals surface area contributed by atoms with E-state index in [1.807, 2.05) is 13.0 Å². The van der Waals surface area contributed by atoms with Gasteiger partial charge in [0.15, 0.2) is 0 Å². The van der Waals surface area contributed by atoms with Crippen LogP contribution in [0.5, 0.6) is 0 Å². The van der Waals surface area contributed by atoms with Gasteiger partial charge in [-0.1, -0.05) is 6.92 Å². The molecule has 1 fully saturated rings. The van der Waals surface area contributed by atoms with Gasteiger partial charge < -0.3 is 10.2 Å². The molecule has 0 aromatic rings. The lowest BCUT2D eigenvalue weighted by Gasteiger charge is -2.26. The number of carbonyl (C=O) groups excluding carboxylic acids is 2. The third kappa shape index (κ3) is 3.45. The summed E-state index contributed by atoms with van der Waals surface area (Å²) >= 11 is 0. The van der Waals surface area contributed by atoms with Crippen molar-refractivity contribution in [2.24, 2.45) is 0 Å². The van der Waals surface area contributed by atoms with Crippen molar-refractivity contribution in [3.05, 3.63) is 0 Å². The topological polar surface area (TPSA) is 73.2 Å². The third-order valence-electron chi connectivity index (χ3n) is 2.96. The molecule has 1 N–H and O–H groups in total.